The fourth-order valence-electron chi connectivity index (χ4n) is 3.80. The van der Waals surface area contributed by atoms with Gasteiger partial charge in [0.1, 0.15) is 5.82 Å². The summed E-state index contributed by atoms with van der Waals surface area (Å²) in [7, 11) is -2.11. The maximum absolute atomic E-state index is 13.4. The number of rotatable bonds is 3. The summed E-state index contributed by atoms with van der Waals surface area (Å²) in [6.45, 7) is 1.69. The number of likely N-dealkylation sites (tertiary alicyclic amines) is 1. The van der Waals surface area contributed by atoms with E-state index in [4.69, 9.17) is 11.6 Å². The van der Waals surface area contributed by atoms with Gasteiger partial charge >= 0.3 is 0 Å². The van der Waals surface area contributed by atoms with E-state index in [2.05, 4.69) is 5.10 Å². The molecule has 0 saturated carbocycles. The van der Waals surface area contributed by atoms with Gasteiger partial charge in [0.05, 0.1) is 9.92 Å². The summed E-state index contributed by atoms with van der Waals surface area (Å²) >= 11 is 5.76. The Hall–Kier alpha value is -1.97. The molecule has 28 heavy (non-hydrogen) atoms. The zero-order valence-corrected chi connectivity index (χ0v) is 16.9. The Morgan fingerprint density at radius 1 is 1.21 bits per heavy atom. The smallest absolute Gasteiger partial charge is 0.274 e. The van der Waals surface area contributed by atoms with Gasteiger partial charge in [0, 0.05) is 50.9 Å². The van der Waals surface area contributed by atoms with Crippen LogP contribution in [0.5, 0.6) is 0 Å². The van der Waals surface area contributed by atoms with E-state index in [0.717, 1.165) is 30.7 Å². The number of aryl methyl sites for hydroxylation is 1. The van der Waals surface area contributed by atoms with Crippen LogP contribution in [0.15, 0.2) is 23.1 Å². The monoisotopic (exact) mass is 426 g/mol. The topological polar surface area (TPSA) is 75.5 Å². The van der Waals surface area contributed by atoms with E-state index in [-0.39, 0.29) is 28.9 Å². The van der Waals surface area contributed by atoms with Gasteiger partial charge in [-0.25, -0.2) is 12.8 Å². The summed E-state index contributed by atoms with van der Waals surface area (Å²) in [6.07, 6.45) is 2.37. The number of carbonyl (C=O) groups excluding carboxylic acids is 1. The molecule has 2 aliphatic heterocycles. The van der Waals surface area contributed by atoms with Gasteiger partial charge in [0.25, 0.3) is 5.91 Å². The number of carbonyl (C=O) groups is 1. The molecule has 0 aliphatic carbocycles. The van der Waals surface area contributed by atoms with Crippen LogP contribution < -0.4 is 0 Å². The molecule has 150 valence electrons. The second kappa shape index (κ2) is 7.13. The van der Waals surface area contributed by atoms with Crippen LogP contribution in [-0.4, -0.2) is 52.9 Å². The molecule has 7 nitrogen and oxygen atoms in total. The molecule has 4 rings (SSSR count). The van der Waals surface area contributed by atoms with Crippen LogP contribution >= 0.6 is 11.6 Å². The maximum Gasteiger partial charge on any atom is 0.274 e. The Kier molecular flexibility index (Phi) is 4.93. The highest BCUT2D eigenvalue weighted by molar-refractivity contribution is 7.89. The van der Waals surface area contributed by atoms with Crippen molar-refractivity contribution in [3.8, 4) is 0 Å². The van der Waals surface area contributed by atoms with Crippen molar-refractivity contribution in [2.45, 2.75) is 30.7 Å². The Morgan fingerprint density at radius 3 is 2.61 bits per heavy atom. The van der Waals surface area contributed by atoms with E-state index >= 15 is 0 Å². The quantitative estimate of drug-likeness (QED) is 0.754. The molecule has 2 aromatic rings. The number of hydrogen-bond donors (Lipinski definition) is 0. The molecule has 1 aromatic carbocycles. The van der Waals surface area contributed by atoms with E-state index in [0.29, 0.717) is 30.8 Å². The van der Waals surface area contributed by atoms with Gasteiger partial charge in [-0.3, -0.25) is 9.48 Å². The SMILES string of the molecule is Cn1nc(C(=O)N2CCCC2)c2c1CCN(S(=O)(=O)c1ccc(F)c(Cl)c1)C2. The number of amides is 1. The molecular weight excluding hydrogens is 407 g/mol. The summed E-state index contributed by atoms with van der Waals surface area (Å²) < 4.78 is 42.4. The van der Waals surface area contributed by atoms with Crippen LogP contribution in [0.4, 0.5) is 4.39 Å². The number of sulfonamides is 1. The second-order valence-electron chi connectivity index (χ2n) is 7.06. The van der Waals surface area contributed by atoms with Crippen molar-refractivity contribution in [2.24, 2.45) is 7.05 Å². The standard InChI is InChI=1S/C18H20ClFN4O3S/c1-22-16-6-9-24(28(26,27)12-4-5-15(20)14(19)10-12)11-13(16)17(21-22)18(25)23-7-2-3-8-23/h4-5,10H,2-3,6-9,11H2,1H3. The summed E-state index contributed by atoms with van der Waals surface area (Å²) in [6, 6.07) is 3.35. The average Bonchev–Trinajstić information content (AvgIpc) is 3.31. The molecule has 1 fully saturated rings. The number of fused-ring (bicyclic) bond motifs is 1. The maximum atomic E-state index is 13.4. The van der Waals surface area contributed by atoms with Crippen LogP contribution in [0.3, 0.4) is 0 Å². The van der Waals surface area contributed by atoms with Crippen molar-refractivity contribution in [3.63, 3.8) is 0 Å². The highest BCUT2D eigenvalue weighted by Gasteiger charge is 2.35. The van der Waals surface area contributed by atoms with E-state index < -0.39 is 15.8 Å². The van der Waals surface area contributed by atoms with Crippen molar-refractivity contribution >= 4 is 27.5 Å². The Bertz CT molecular complexity index is 1050. The third-order valence-corrected chi connectivity index (χ3v) is 7.46. The summed E-state index contributed by atoms with van der Waals surface area (Å²) in [4.78, 5) is 14.6. The molecule has 1 aromatic heterocycles. The van der Waals surface area contributed by atoms with Crippen LogP contribution in [0.25, 0.3) is 0 Å². The van der Waals surface area contributed by atoms with Gasteiger partial charge in [-0.15, -0.1) is 0 Å². The summed E-state index contributed by atoms with van der Waals surface area (Å²) in [5.74, 6) is -0.828. The fourth-order valence-corrected chi connectivity index (χ4v) is 5.48. The van der Waals surface area contributed by atoms with Gasteiger partial charge < -0.3 is 4.90 Å². The number of aromatic nitrogens is 2. The zero-order chi connectivity index (χ0) is 20.1. The number of hydrogen-bond acceptors (Lipinski definition) is 4. The highest BCUT2D eigenvalue weighted by Crippen LogP contribution is 2.29. The van der Waals surface area contributed by atoms with Gasteiger partial charge in [-0.1, -0.05) is 11.6 Å². The van der Waals surface area contributed by atoms with Crippen molar-refractivity contribution in [1.29, 1.82) is 0 Å². The lowest BCUT2D eigenvalue weighted by molar-refractivity contribution is 0.0784. The minimum absolute atomic E-state index is 0.0510. The molecule has 0 radical (unpaired) electrons. The molecule has 1 saturated heterocycles. The second-order valence-corrected chi connectivity index (χ2v) is 9.41. The molecule has 0 atom stereocenters. The van der Waals surface area contributed by atoms with E-state index in [1.54, 1.807) is 16.6 Å². The first-order valence-corrected chi connectivity index (χ1v) is 10.9. The van der Waals surface area contributed by atoms with Gasteiger partial charge in [-0.05, 0) is 31.0 Å². The zero-order valence-electron chi connectivity index (χ0n) is 15.4. The molecule has 3 heterocycles. The van der Waals surface area contributed by atoms with Crippen molar-refractivity contribution in [2.75, 3.05) is 19.6 Å². The van der Waals surface area contributed by atoms with Gasteiger partial charge in [0.15, 0.2) is 5.69 Å². The molecule has 1 amide bonds. The van der Waals surface area contributed by atoms with Gasteiger partial charge in [0.2, 0.25) is 10.0 Å². The van der Waals surface area contributed by atoms with E-state index in [1.165, 1.54) is 10.4 Å². The minimum Gasteiger partial charge on any atom is -0.337 e. The van der Waals surface area contributed by atoms with Crippen LogP contribution in [0.1, 0.15) is 34.6 Å². The largest absolute Gasteiger partial charge is 0.337 e. The van der Waals surface area contributed by atoms with Crippen molar-refractivity contribution < 1.29 is 17.6 Å². The molecular formula is C18H20ClFN4O3S. The normalized spacial score (nSPS) is 17.8. The fraction of sp³-hybridized carbons (Fsp3) is 0.444. The number of benzene rings is 1. The Labute approximate surface area is 167 Å². The molecule has 0 spiro atoms. The first-order chi connectivity index (χ1) is 13.3. The third kappa shape index (κ3) is 3.21. The van der Waals surface area contributed by atoms with Crippen LogP contribution in [-0.2, 0) is 30.0 Å². The molecule has 0 N–H and O–H groups in total. The lowest BCUT2D eigenvalue weighted by atomic mass is 10.1. The highest BCUT2D eigenvalue weighted by atomic mass is 35.5. The van der Waals surface area contributed by atoms with E-state index in [1.807, 2.05) is 0 Å². The lowest BCUT2D eigenvalue weighted by Crippen LogP contribution is -2.37. The molecule has 0 bridgehead atoms. The summed E-state index contributed by atoms with van der Waals surface area (Å²) in [5, 5.41) is 4.14. The Balaban J connectivity index is 1.67. The number of nitrogens with zero attached hydrogens (tertiary/aromatic N) is 4. The molecule has 0 unspecified atom stereocenters. The van der Waals surface area contributed by atoms with E-state index in [9.17, 15) is 17.6 Å². The average molecular weight is 427 g/mol. The summed E-state index contributed by atoms with van der Waals surface area (Å²) in [5.41, 5.74) is 1.82. The van der Waals surface area contributed by atoms with Crippen LogP contribution in [0, 0.1) is 5.82 Å². The predicted octanol–water partition coefficient (Wildman–Crippen LogP) is 2.20. The number of halogens is 2. The molecule has 10 heteroatoms. The van der Waals surface area contributed by atoms with Crippen molar-refractivity contribution in [1.82, 2.24) is 19.0 Å². The minimum atomic E-state index is -3.88. The predicted molar refractivity (Wildman–Crippen MR) is 101 cm³/mol. The Morgan fingerprint density at radius 2 is 1.93 bits per heavy atom. The van der Waals surface area contributed by atoms with Crippen molar-refractivity contribution in [3.05, 3.63) is 46.0 Å². The first-order valence-electron chi connectivity index (χ1n) is 9.08. The lowest BCUT2D eigenvalue weighted by Gasteiger charge is -2.27. The van der Waals surface area contributed by atoms with Crippen LogP contribution in [0.2, 0.25) is 5.02 Å². The van der Waals surface area contributed by atoms with Gasteiger partial charge in [-0.2, -0.15) is 9.40 Å². The molecule has 2 aliphatic rings. The third-order valence-electron chi connectivity index (χ3n) is 5.33. The first kappa shape index (κ1) is 19.4.